The molecule has 1 saturated heterocycles. The molecule has 0 radical (unpaired) electrons. The quantitative estimate of drug-likeness (QED) is 0.0552. The van der Waals surface area contributed by atoms with E-state index in [1.807, 2.05) is 27.9 Å². The molecular weight excluding hydrogens is 979 g/mol. The first-order chi connectivity index (χ1) is 36.0. The van der Waals surface area contributed by atoms with Crippen LogP contribution in [0.3, 0.4) is 0 Å². The second kappa shape index (κ2) is 24.0. The first kappa shape index (κ1) is 56.0. The summed E-state index contributed by atoms with van der Waals surface area (Å²) in [6, 6.07) is 4.14. The van der Waals surface area contributed by atoms with E-state index in [1.54, 1.807) is 51.8 Å². The molecule has 410 valence electrons. The lowest BCUT2D eigenvalue weighted by molar-refractivity contribution is -0.154. The summed E-state index contributed by atoms with van der Waals surface area (Å²) >= 11 is 1.57. The monoisotopic (exact) mass is 1060 g/mol. The Morgan fingerprint density at radius 3 is 2.08 bits per heavy atom. The van der Waals surface area contributed by atoms with E-state index >= 15 is 4.79 Å². The molecule has 6 aliphatic rings. The first-order valence-electron chi connectivity index (χ1n) is 27.1. The van der Waals surface area contributed by atoms with Crippen LogP contribution in [0.15, 0.2) is 18.2 Å². The summed E-state index contributed by atoms with van der Waals surface area (Å²) in [5.41, 5.74) is 4.06. The summed E-state index contributed by atoms with van der Waals surface area (Å²) in [7, 11) is 7.17. The molecule has 75 heavy (non-hydrogen) atoms. The highest BCUT2D eigenvalue weighted by Crippen LogP contribution is 2.63. The van der Waals surface area contributed by atoms with Gasteiger partial charge in [0, 0.05) is 60.0 Å². The Hall–Kier alpha value is -5.23. The Morgan fingerprint density at radius 1 is 0.773 bits per heavy atom. The smallest absolute Gasteiger partial charge is 0.493 e. The van der Waals surface area contributed by atoms with Crippen molar-refractivity contribution in [2.24, 2.45) is 0 Å². The molecule has 5 atom stereocenters. The normalized spacial score (nSPS) is 21.8. The van der Waals surface area contributed by atoms with Crippen LogP contribution in [-0.4, -0.2) is 106 Å². The molecule has 6 heterocycles. The van der Waals surface area contributed by atoms with Gasteiger partial charge in [0.1, 0.15) is 18.0 Å². The zero-order valence-electron chi connectivity index (χ0n) is 46.1. The first-order valence-corrected chi connectivity index (χ1v) is 28.2. The van der Waals surface area contributed by atoms with Crippen LogP contribution in [0.5, 0.6) is 40.2 Å². The summed E-state index contributed by atoms with van der Waals surface area (Å²) in [6.07, 6.45) is 10.5. The molecule has 4 unspecified atom stereocenters. The topological polar surface area (TPSA) is 170 Å². The van der Waals surface area contributed by atoms with Crippen LogP contribution in [-0.2, 0) is 42.2 Å². The number of carbonyl (C=O) groups is 4. The van der Waals surface area contributed by atoms with E-state index in [-0.39, 0.29) is 55.4 Å². The number of unbranched alkanes of at least 4 members (excludes halogenated alkanes) is 8. The van der Waals surface area contributed by atoms with Crippen LogP contribution in [0.2, 0.25) is 0 Å². The average molecular weight is 1060 g/mol. The van der Waals surface area contributed by atoms with Crippen LogP contribution < -0.4 is 38.5 Å². The fraction of sp³-hybridized carbons (Fsp3) is 0.621. The Balaban J connectivity index is 1.31. The van der Waals surface area contributed by atoms with Crippen LogP contribution in [0.1, 0.15) is 174 Å². The molecule has 0 amide bonds. The largest absolute Gasteiger partial charge is 0.514 e. The summed E-state index contributed by atoms with van der Waals surface area (Å²) < 4.78 is 56.0. The van der Waals surface area contributed by atoms with Gasteiger partial charge >= 0.3 is 24.1 Å². The van der Waals surface area contributed by atoms with E-state index < -0.39 is 46.6 Å². The van der Waals surface area contributed by atoms with Crippen molar-refractivity contribution in [1.29, 1.82) is 0 Å². The van der Waals surface area contributed by atoms with Gasteiger partial charge in [-0.2, -0.15) is 0 Å². The molecule has 2 bridgehead atoms. The van der Waals surface area contributed by atoms with E-state index in [2.05, 4.69) is 35.0 Å². The minimum absolute atomic E-state index is 0.0331. The second-order valence-corrected chi connectivity index (χ2v) is 22.9. The van der Waals surface area contributed by atoms with Gasteiger partial charge in [0.15, 0.2) is 40.0 Å². The minimum Gasteiger partial charge on any atom is -0.493 e. The van der Waals surface area contributed by atoms with Crippen LogP contribution >= 0.6 is 11.8 Å². The molecule has 6 aliphatic heterocycles. The van der Waals surface area contributed by atoms with Crippen LogP contribution in [0.25, 0.3) is 0 Å². The number of hydrogen-bond acceptors (Lipinski definition) is 17. The van der Waals surface area contributed by atoms with Gasteiger partial charge in [-0.1, -0.05) is 71.3 Å². The Labute approximate surface area is 447 Å². The average Bonchev–Trinajstić information content (AvgIpc) is 3.83. The fourth-order valence-electron chi connectivity index (χ4n) is 11.8. The van der Waals surface area contributed by atoms with Crippen molar-refractivity contribution in [3.8, 4) is 40.2 Å². The number of fused-ring (bicyclic) bond motifs is 6. The zero-order valence-corrected chi connectivity index (χ0v) is 46.9. The molecule has 1 N–H and O–H groups in total. The van der Waals surface area contributed by atoms with Crippen molar-refractivity contribution in [3.63, 3.8) is 0 Å². The highest BCUT2D eigenvalue weighted by molar-refractivity contribution is 7.99. The number of nitrogens with one attached hydrogen (secondary N) is 1. The van der Waals surface area contributed by atoms with Crippen molar-refractivity contribution in [3.05, 3.63) is 62.7 Å². The zero-order chi connectivity index (χ0) is 53.8. The van der Waals surface area contributed by atoms with Crippen LogP contribution in [0.4, 0.5) is 4.79 Å². The van der Waals surface area contributed by atoms with Crippen molar-refractivity contribution >= 4 is 35.8 Å². The molecule has 0 saturated carbocycles. The molecule has 3 aromatic carbocycles. The van der Waals surface area contributed by atoms with Crippen molar-refractivity contribution in [2.45, 2.75) is 173 Å². The van der Waals surface area contributed by atoms with Gasteiger partial charge in [0.25, 0.3) is 0 Å². The summed E-state index contributed by atoms with van der Waals surface area (Å²) in [5.74, 6) is 1.77. The van der Waals surface area contributed by atoms with Crippen molar-refractivity contribution in [1.82, 2.24) is 15.1 Å². The molecule has 3 aromatic rings. The van der Waals surface area contributed by atoms with Gasteiger partial charge in [0.05, 0.1) is 31.6 Å². The number of esters is 3. The molecule has 9 rings (SSSR count). The van der Waals surface area contributed by atoms with E-state index in [1.165, 1.54) is 7.11 Å². The highest BCUT2D eigenvalue weighted by Gasteiger charge is 2.56. The van der Waals surface area contributed by atoms with Gasteiger partial charge in [-0.25, -0.2) is 9.59 Å². The lowest BCUT2D eigenvalue weighted by Crippen LogP contribution is -2.58. The molecule has 0 aromatic heterocycles. The van der Waals surface area contributed by atoms with Gasteiger partial charge < -0.3 is 47.5 Å². The molecule has 17 heteroatoms. The van der Waals surface area contributed by atoms with E-state index in [0.717, 1.165) is 91.2 Å². The summed E-state index contributed by atoms with van der Waals surface area (Å²) in [5, 5.41) is 3.09. The van der Waals surface area contributed by atoms with Gasteiger partial charge in [-0.3, -0.25) is 19.8 Å². The van der Waals surface area contributed by atoms with Crippen LogP contribution in [0, 0.1) is 13.8 Å². The third kappa shape index (κ3) is 11.6. The number of hydrogen-bond donors (Lipinski definition) is 1. The molecule has 16 nitrogen and oxygen atoms in total. The standard InChI is InChI=1S/C58H79N3O13S/c1-12-14-16-18-20-22-42(62)72-50-35(4)51-52(70-33-69-51)45-39-31-68-55(64)58(38-30-40(66-10)41(29-36(38)24-26-59-58)71-56(65)74-57(5,6)7)32-75-54(46(45)50)48-47(60(8)9)44-37(25-27-61(39)48)28-34(3)49(67-11)53(44)73-43(63)23-21-19-17-15-13-2/h28-30,39,47-48,54,59H,12-27,31-33H2,1-11H3/t39?,47?,48?,54?,58-/m1/s1. The van der Waals surface area contributed by atoms with E-state index in [4.69, 9.17) is 42.6 Å². The fourth-order valence-corrected chi connectivity index (χ4v) is 13.5. The number of nitrogens with zero attached hydrogens (tertiary/aromatic N) is 2. The number of aryl methyl sites for hydroxylation is 1. The van der Waals surface area contributed by atoms with E-state index in [0.29, 0.717) is 72.2 Å². The maximum atomic E-state index is 15.3. The second-order valence-electron chi connectivity index (χ2n) is 21.8. The predicted octanol–water partition coefficient (Wildman–Crippen LogP) is 10.9. The predicted molar refractivity (Wildman–Crippen MR) is 286 cm³/mol. The Bertz CT molecular complexity index is 2610. The number of ether oxygens (including phenoxy) is 9. The van der Waals surface area contributed by atoms with Gasteiger partial charge in [-0.05, 0) is 109 Å². The number of benzene rings is 3. The van der Waals surface area contributed by atoms with Gasteiger partial charge in [0.2, 0.25) is 6.79 Å². The van der Waals surface area contributed by atoms with Gasteiger partial charge in [-0.15, -0.1) is 11.8 Å². The Morgan fingerprint density at radius 2 is 1.44 bits per heavy atom. The summed E-state index contributed by atoms with van der Waals surface area (Å²) in [4.78, 5) is 61.3. The van der Waals surface area contributed by atoms with E-state index in [9.17, 15) is 14.4 Å². The number of methoxy groups -OCH3 is 2. The molecule has 1 fully saturated rings. The third-order valence-electron chi connectivity index (χ3n) is 15.2. The lowest BCUT2D eigenvalue weighted by atomic mass is 9.80. The van der Waals surface area contributed by atoms with Crippen molar-refractivity contribution < 1.29 is 61.8 Å². The molecule has 1 spiro atoms. The molecule has 0 aliphatic carbocycles. The third-order valence-corrected chi connectivity index (χ3v) is 16.7. The number of rotatable bonds is 18. The maximum absolute atomic E-state index is 15.3. The molecular formula is C58H79N3O13S. The maximum Gasteiger partial charge on any atom is 0.514 e. The Kier molecular flexibility index (Phi) is 17.9. The minimum atomic E-state index is -1.42. The highest BCUT2D eigenvalue weighted by atomic mass is 32.2. The number of thioether (sulfide) groups is 1. The number of carbonyl (C=O) groups excluding carboxylic acids is 4. The lowest BCUT2D eigenvalue weighted by Gasteiger charge is -2.52. The SMILES string of the molecule is CCCCCCCC(=O)Oc1c(C)c2c(c3c1C1SC[C@]4(NCCc5cc(OC(=O)OC(C)(C)C)c(OC)cc54)C(=O)OCC3N3CCc4cc(C)c(OC)c(OC(=O)CCCCCCC)c4C(N(C)C)C13)OCO2. The summed E-state index contributed by atoms with van der Waals surface area (Å²) in [6.45, 7) is 14.3. The number of likely N-dealkylation sites (N-methyl/N-ethyl adjacent to an activating group) is 1. The van der Waals surface area contributed by atoms with Crippen molar-refractivity contribution in [2.75, 3.05) is 60.6 Å².